The Kier molecular flexibility index (Phi) is 2.11. The van der Waals surface area contributed by atoms with Crippen LogP contribution in [0.15, 0.2) is 12.1 Å². The number of benzene rings is 1. The van der Waals surface area contributed by atoms with Crippen LogP contribution in [0, 0.1) is 12.7 Å². The van der Waals surface area contributed by atoms with Gasteiger partial charge in [-0.05, 0) is 24.6 Å². The Bertz CT molecular complexity index is 390. The van der Waals surface area contributed by atoms with E-state index in [0.29, 0.717) is 24.5 Å². The standard InChI is InChI=1S/C10H10FNO2/c1-6-4-7(11)5-8-9(6)14-3-2-12-10(8)13/h4-5H,2-3H2,1H3,(H,12,13). The van der Waals surface area contributed by atoms with Crippen LogP contribution in [-0.2, 0) is 0 Å². The molecular formula is C10H10FNO2. The van der Waals surface area contributed by atoms with Gasteiger partial charge in [0.15, 0.2) is 0 Å². The Labute approximate surface area is 80.9 Å². The van der Waals surface area contributed by atoms with E-state index < -0.39 is 5.82 Å². The second-order valence-electron chi connectivity index (χ2n) is 3.20. The van der Waals surface area contributed by atoms with Gasteiger partial charge in [-0.2, -0.15) is 0 Å². The van der Waals surface area contributed by atoms with Gasteiger partial charge in [-0.3, -0.25) is 4.79 Å². The van der Waals surface area contributed by atoms with Crippen LogP contribution in [0.4, 0.5) is 4.39 Å². The third-order valence-corrected chi connectivity index (χ3v) is 2.12. The normalized spacial score (nSPS) is 15.1. The van der Waals surface area contributed by atoms with Crippen LogP contribution < -0.4 is 10.1 Å². The van der Waals surface area contributed by atoms with Gasteiger partial charge in [0.05, 0.1) is 12.1 Å². The number of hydrogen-bond donors (Lipinski definition) is 1. The first kappa shape index (κ1) is 8.99. The number of carbonyl (C=O) groups excluding carboxylic acids is 1. The fourth-order valence-electron chi connectivity index (χ4n) is 1.50. The van der Waals surface area contributed by atoms with Crippen LogP contribution in [-0.4, -0.2) is 19.1 Å². The minimum atomic E-state index is -0.415. The maximum absolute atomic E-state index is 13.0. The SMILES string of the molecule is Cc1cc(F)cc2c1OCCNC2=O. The number of amides is 1. The first-order chi connectivity index (χ1) is 6.68. The van der Waals surface area contributed by atoms with Crippen LogP contribution in [0.2, 0.25) is 0 Å². The van der Waals surface area contributed by atoms with Gasteiger partial charge in [0.1, 0.15) is 18.2 Å². The topological polar surface area (TPSA) is 38.3 Å². The highest BCUT2D eigenvalue weighted by Gasteiger charge is 2.19. The summed E-state index contributed by atoms with van der Waals surface area (Å²) in [7, 11) is 0. The molecular weight excluding hydrogens is 185 g/mol. The Morgan fingerprint density at radius 2 is 2.29 bits per heavy atom. The van der Waals surface area contributed by atoms with Gasteiger partial charge < -0.3 is 10.1 Å². The van der Waals surface area contributed by atoms with E-state index in [9.17, 15) is 9.18 Å². The molecule has 0 atom stereocenters. The quantitative estimate of drug-likeness (QED) is 0.676. The molecule has 0 saturated heterocycles. The highest BCUT2D eigenvalue weighted by Crippen LogP contribution is 2.25. The zero-order valence-electron chi connectivity index (χ0n) is 7.76. The summed E-state index contributed by atoms with van der Waals surface area (Å²) in [4.78, 5) is 11.5. The van der Waals surface area contributed by atoms with Crippen LogP contribution in [0.1, 0.15) is 15.9 Å². The van der Waals surface area contributed by atoms with E-state index in [1.165, 1.54) is 12.1 Å². The molecule has 0 aliphatic carbocycles. The van der Waals surface area contributed by atoms with Crippen LogP contribution in [0.3, 0.4) is 0 Å². The average molecular weight is 195 g/mol. The maximum atomic E-state index is 13.0. The highest BCUT2D eigenvalue weighted by atomic mass is 19.1. The van der Waals surface area contributed by atoms with E-state index in [0.717, 1.165) is 0 Å². The summed E-state index contributed by atoms with van der Waals surface area (Å²) >= 11 is 0. The van der Waals surface area contributed by atoms with Crippen LogP contribution in [0.25, 0.3) is 0 Å². The Morgan fingerprint density at radius 1 is 1.50 bits per heavy atom. The molecule has 3 nitrogen and oxygen atoms in total. The zero-order valence-corrected chi connectivity index (χ0v) is 7.76. The smallest absolute Gasteiger partial charge is 0.255 e. The number of hydrogen-bond acceptors (Lipinski definition) is 2. The summed E-state index contributed by atoms with van der Waals surface area (Å²) in [6, 6.07) is 2.56. The summed E-state index contributed by atoms with van der Waals surface area (Å²) in [5.74, 6) is -0.205. The maximum Gasteiger partial charge on any atom is 0.255 e. The van der Waals surface area contributed by atoms with E-state index >= 15 is 0 Å². The number of carbonyl (C=O) groups is 1. The lowest BCUT2D eigenvalue weighted by Gasteiger charge is -2.08. The van der Waals surface area contributed by atoms with E-state index in [1.807, 2.05) is 0 Å². The van der Waals surface area contributed by atoms with Crippen molar-refractivity contribution in [2.75, 3.05) is 13.2 Å². The monoisotopic (exact) mass is 195 g/mol. The molecule has 0 fully saturated rings. The van der Waals surface area contributed by atoms with Crippen LogP contribution >= 0.6 is 0 Å². The number of nitrogens with one attached hydrogen (secondary N) is 1. The molecule has 0 radical (unpaired) electrons. The van der Waals surface area contributed by atoms with E-state index in [-0.39, 0.29) is 11.5 Å². The lowest BCUT2D eigenvalue weighted by atomic mass is 10.1. The number of aryl methyl sites for hydroxylation is 1. The molecule has 1 aromatic rings. The molecule has 14 heavy (non-hydrogen) atoms. The van der Waals surface area contributed by atoms with Crippen molar-refractivity contribution in [1.82, 2.24) is 5.32 Å². The zero-order chi connectivity index (χ0) is 10.1. The van der Waals surface area contributed by atoms with E-state index in [2.05, 4.69) is 5.32 Å². The van der Waals surface area contributed by atoms with Crippen molar-refractivity contribution in [2.24, 2.45) is 0 Å². The Hall–Kier alpha value is -1.58. The predicted octanol–water partition coefficient (Wildman–Crippen LogP) is 1.26. The second-order valence-corrected chi connectivity index (χ2v) is 3.20. The lowest BCUT2D eigenvalue weighted by molar-refractivity contribution is 0.0956. The molecule has 0 saturated carbocycles. The number of fused-ring (bicyclic) bond motifs is 1. The first-order valence-electron chi connectivity index (χ1n) is 4.39. The number of halogens is 1. The average Bonchev–Trinajstić information content (AvgIpc) is 2.29. The molecule has 0 bridgehead atoms. The predicted molar refractivity (Wildman–Crippen MR) is 49.0 cm³/mol. The molecule has 1 aliphatic heterocycles. The van der Waals surface area contributed by atoms with Gasteiger partial charge in [0, 0.05) is 0 Å². The molecule has 4 heteroatoms. The van der Waals surface area contributed by atoms with Crippen molar-refractivity contribution >= 4 is 5.91 Å². The lowest BCUT2D eigenvalue weighted by Crippen LogP contribution is -2.24. The highest BCUT2D eigenvalue weighted by molar-refractivity contribution is 5.97. The largest absolute Gasteiger partial charge is 0.491 e. The molecule has 1 heterocycles. The summed E-state index contributed by atoms with van der Waals surface area (Å²) in [6.07, 6.45) is 0. The van der Waals surface area contributed by atoms with Crippen molar-refractivity contribution in [3.8, 4) is 5.75 Å². The van der Waals surface area contributed by atoms with Gasteiger partial charge in [0.25, 0.3) is 5.91 Å². The first-order valence-corrected chi connectivity index (χ1v) is 4.39. The summed E-state index contributed by atoms with van der Waals surface area (Å²) in [5.41, 5.74) is 0.928. The molecule has 0 aromatic heterocycles. The molecule has 0 spiro atoms. The summed E-state index contributed by atoms with van der Waals surface area (Å²) in [5, 5.41) is 2.62. The van der Waals surface area contributed by atoms with Gasteiger partial charge >= 0.3 is 0 Å². The Morgan fingerprint density at radius 3 is 3.07 bits per heavy atom. The molecule has 1 aromatic carbocycles. The number of ether oxygens (including phenoxy) is 1. The molecule has 2 rings (SSSR count). The third kappa shape index (κ3) is 1.43. The molecule has 74 valence electrons. The van der Waals surface area contributed by atoms with Gasteiger partial charge in [0.2, 0.25) is 0 Å². The van der Waals surface area contributed by atoms with Gasteiger partial charge in [-0.15, -0.1) is 0 Å². The Balaban J connectivity index is 2.58. The van der Waals surface area contributed by atoms with Crippen LogP contribution in [0.5, 0.6) is 5.75 Å². The fraction of sp³-hybridized carbons (Fsp3) is 0.300. The van der Waals surface area contributed by atoms with Gasteiger partial charge in [-0.1, -0.05) is 0 Å². The second kappa shape index (κ2) is 3.29. The summed E-state index contributed by atoms with van der Waals surface area (Å²) in [6.45, 7) is 2.60. The fourth-order valence-corrected chi connectivity index (χ4v) is 1.50. The molecule has 1 aliphatic rings. The molecule has 0 unspecified atom stereocenters. The van der Waals surface area contributed by atoms with Crippen molar-refractivity contribution in [3.05, 3.63) is 29.1 Å². The van der Waals surface area contributed by atoms with Crippen molar-refractivity contribution in [1.29, 1.82) is 0 Å². The summed E-state index contributed by atoms with van der Waals surface area (Å²) < 4.78 is 18.4. The van der Waals surface area contributed by atoms with Crippen molar-refractivity contribution < 1.29 is 13.9 Å². The van der Waals surface area contributed by atoms with E-state index in [4.69, 9.17) is 4.74 Å². The molecule has 1 amide bonds. The third-order valence-electron chi connectivity index (χ3n) is 2.12. The number of rotatable bonds is 0. The minimum absolute atomic E-state index is 0.278. The molecule has 1 N–H and O–H groups in total. The van der Waals surface area contributed by atoms with Gasteiger partial charge in [-0.25, -0.2) is 4.39 Å². The minimum Gasteiger partial charge on any atom is -0.491 e. The van der Waals surface area contributed by atoms with Crippen molar-refractivity contribution in [3.63, 3.8) is 0 Å². The van der Waals surface area contributed by atoms with E-state index in [1.54, 1.807) is 6.92 Å². The van der Waals surface area contributed by atoms with Crippen molar-refractivity contribution in [2.45, 2.75) is 6.92 Å².